The molecule has 0 aliphatic rings. The molecule has 0 spiro atoms. The number of carbonyl (C=O) groups excluding carboxylic acids is 1. The number of anilines is 1. The minimum atomic E-state index is 0.103. The molecule has 0 saturated heterocycles. The Hall–Kier alpha value is -1.55. The maximum absolute atomic E-state index is 12.9. The van der Waals surface area contributed by atoms with Crippen LogP contribution < -0.4 is 5.32 Å². The Morgan fingerprint density at radius 3 is 2.48 bits per heavy atom. The SMILES string of the molecule is CCCNc1ccccc1C(=O)N(CC)C(C)CN(C)C. The van der Waals surface area contributed by atoms with Crippen LogP contribution in [-0.2, 0) is 0 Å². The van der Waals surface area contributed by atoms with Gasteiger partial charge >= 0.3 is 0 Å². The fraction of sp³-hybridized carbons (Fsp3) is 0.588. The topological polar surface area (TPSA) is 35.6 Å². The van der Waals surface area contributed by atoms with Gasteiger partial charge in [-0.25, -0.2) is 0 Å². The lowest BCUT2D eigenvalue weighted by atomic mass is 10.1. The molecule has 0 aromatic heterocycles. The Morgan fingerprint density at radius 1 is 1.24 bits per heavy atom. The maximum Gasteiger partial charge on any atom is 0.256 e. The van der Waals surface area contributed by atoms with E-state index in [1.54, 1.807) is 0 Å². The highest BCUT2D eigenvalue weighted by atomic mass is 16.2. The van der Waals surface area contributed by atoms with Crippen LogP contribution in [0.25, 0.3) is 0 Å². The van der Waals surface area contributed by atoms with Gasteiger partial charge in [-0.3, -0.25) is 4.79 Å². The summed E-state index contributed by atoms with van der Waals surface area (Å²) in [5, 5.41) is 3.34. The molecular formula is C17H29N3O. The quantitative estimate of drug-likeness (QED) is 0.800. The molecule has 0 fully saturated rings. The van der Waals surface area contributed by atoms with Crippen LogP contribution in [0, 0.1) is 0 Å². The molecule has 1 N–H and O–H groups in total. The molecule has 1 unspecified atom stereocenters. The fourth-order valence-corrected chi connectivity index (χ4v) is 2.52. The number of hydrogen-bond donors (Lipinski definition) is 1. The summed E-state index contributed by atoms with van der Waals surface area (Å²) in [6.45, 7) is 8.72. The molecule has 1 rings (SSSR count). The smallest absolute Gasteiger partial charge is 0.256 e. The number of benzene rings is 1. The first-order valence-electron chi connectivity index (χ1n) is 7.79. The number of nitrogens with zero attached hydrogens (tertiary/aromatic N) is 2. The van der Waals surface area contributed by atoms with Gasteiger partial charge in [-0.05, 0) is 46.5 Å². The van der Waals surface area contributed by atoms with Crippen molar-refractivity contribution in [3.8, 4) is 0 Å². The van der Waals surface area contributed by atoms with Crippen molar-refractivity contribution in [2.45, 2.75) is 33.2 Å². The Balaban J connectivity index is 2.94. The number of likely N-dealkylation sites (N-methyl/N-ethyl adjacent to an activating group) is 2. The minimum Gasteiger partial charge on any atom is -0.384 e. The molecule has 0 bridgehead atoms. The van der Waals surface area contributed by atoms with Crippen LogP contribution in [0.15, 0.2) is 24.3 Å². The zero-order valence-electron chi connectivity index (χ0n) is 14.0. The Morgan fingerprint density at radius 2 is 1.90 bits per heavy atom. The predicted molar refractivity (Wildman–Crippen MR) is 89.9 cm³/mol. The number of carbonyl (C=O) groups is 1. The van der Waals surface area contributed by atoms with Crippen LogP contribution >= 0.6 is 0 Å². The van der Waals surface area contributed by atoms with Crippen LogP contribution in [0.4, 0.5) is 5.69 Å². The molecule has 1 amide bonds. The van der Waals surface area contributed by atoms with Gasteiger partial charge in [-0.1, -0.05) is 19.1 Å². The van der Waals surface area contributed by atoms with E-state index < -0.39 is 0 Å². The zero-order valence-corrected chi connectivity index (χ0v) is 14.0. The van der Waals surface area contributed by atoms with E-state index in [0.29, 0.717) is 0 Å². The lowest BCUT2D eigenvalue weighted by Crippen LogP contribution is -2.43. The van der Waals surface area contributed by atoms with Gasteiger partial charge in [0.1, 0.15) is 0 Å². The van der Waals surface area contributed by atoms with E-state index in [4.69, 9.17) is 0 Å². The molecule has 0 heterocycles. The summed E-state index contributed by atoms with van der Waals surface area (Å²) in [6, 6.07) is 7.97. The summed E-state index contributed by atoms with van der Waals surface area (Å²) in [5.74, 6) is 0.103. The maximum atomic E-state index is 12.9. The van der Waals surface area contributed by atoms with E-state index in [0.717, 1.165) is 37.3 Å². The second-order valence-electron chi connectivity index (χ2n) is 5.67. The number of nitrogens with one attached hydrogen (secondary N) is 1. The average Bonchev–Trinajstić information content (AvgIpc) is 2.45. The third kappa shape index (κ3) is 5.05. The number of hydrogen-bond acceptors (Lipinski definition) is 3. The van der Waals surface area contributed by atoms with Gasteiger partial charge in [0.15, 0.2) is 0 Å². The summed E-state index contributed by atoms with van der Waals surface area (Å²) >= 11 is 0. The molecule has 1 aromatic rings. The van der Waals surface area contributed by atoms with Gasteiger partial charge in [-0.15, -0.1) is 0 Å². The zero-order chi connectivity index (χ0) is 15.8. The average molecular weight is 291 g/mol. The molecule has 1 atom stereocenters. The third-order valence-corrected chi connectivity index (χ3v) is 3.49. The first kappa shape index (κ1) is 17.5. The molecule has 0 saturated carbocycles. The van der Waals surface area contributed by atoms with Crippen molar-refractivity contribution >= 4 is 11.6 Å². The van der Waals surface area contributed by atoms with Crippen molar-refractivity contribution in [3.05, 3.63) is 29.8 Å². The second-order valence-corrected chi connectivity index (χ2v) is 5.67. The van der Waals surface area contributed by atoms with Crippen LogP contribution in [-0.4, -0.2) is 55.5 Å². The van der Waals surface area contributed by atoms with Crippen molar-refractivity contribution in [2.75, 3.05) is 39.0 Å². The van der Waals surface area contributed by atoms with E-state index in [1.807, 2.05) is 50.2 Å². The van der Waals surface area contributed by atoms with Crippen LogP contribution in [0.2, 0.25) is 0 Å². The van der Waals surface area contributed by atoms with Crippen molar-refractivity contribution in [1.29, 1.82) is 0 Å². The van der Waals surface area contributed by atoms with Crippen LogP contribution in [0.3, 0.4) is 0 Å². The highest BCUT2D eigenvalue weighted by molar-refractivity contribution is 5.99. The number of para-hydroxylation sites is 1. The van der Waals surface area contributed by atoms with Gasteiger partial charge in [0, 0.05) is 31.4 Å². The van der Waals surface area contributed by atoms with E-state index in [9.17, 15) is 4.79 Å². The number of rotatable bonds is 8. The van der Waals surface area contributed by atoms with Crippen LogP contribution in [0.5, 0.6) is 0 Å². The molecule has 4 heteroatoms. The molecular weight excluding hydrogens is 262 g/mol. The summed E-state index contributed by atoms with van der Waals surface area (Å²) in [4.78, 5) is 16.9. The van der Waals surface area contributed by atoms with Crippen molar-refractivity contribution < 1.29 is 4.79 Å². The molecule has 0 aliphatic carbocycles. The largest absolute Gasteiger partial charge is 0.384 e. The first-order valence-corrected chi connectivity index (χ1v) is 7.79. The molecule has 118 valence electrons. The summed E-state index contributed by atoms with van der Waals surface area (Å²) in [5.41, 5.74) is 1.69. The van der Waals surface area contributed by atoms with Gasteiger partial charge < -0.3 is 15.1 Å². The fourth-order valence-electron chi connectivity index (χ4n) is 2.52. The van der Waals surface area contributed by atoms with Crippen LogP contribution in [0.1, 0.15) is 37.6 Å². The first-order chi connectivity index (χ1) is 10.0. The lowest BCUT2D eigenvalue weighted by Gasteiger charge is -2.30. The van der Waals surface area contributed by atoms with Crippen molar-refractivity contribution in [3.63, 3.8) is 0 Å². The van der Waals surface area contributed by atoms with Gasteiger partial charge in [0.2, 0.25) is 0 Å². The molecule has 1 aromatic carbocycles. The molecule has 0 aliphatic heterocycles. The van der Waals surface area contributed by atoms with E-state index in [2.05, 4.69) is 24.1 Å². The second kappa shape index (κ2) is 8.67. The lowest BCUT2D eigenvalue weighted by molar-refractivity contribution is 0.0680. The summed E-state index contributed by atoms with van der Waals surface area (Å²) < 4.78 is 0. The number of amides is 1. The standard InChI is InChI=1S/C17H29N3O/c1-6-12-18-16-11-9-8-10-15(16)17(21)20(7-2)14(3)13-19(4)5/h8-11,14,18H,6-7,12-13H2,1-5H3. The van der Waals surface area contributed by atoms with E-state index in [-0.39, 0.29) is 11.9 Å². The Kier molecular flexibility index (Phi) is 7.23. The predicted octanol–water partition coefficient (Wildman–Crippen LogP) is 2.92. The normalized spacial score (nSPS) is 12.3. The van der Waals surface area contributed by atoms with Gasteiger partial charge in [0.25, 0.3) is 5.91 Å². The molecule has 0 radical (unpaired) electrons. The minimum absolute atomic E-state index is 0.103. The molecule has 21 heavy (non-hydrogen) atoms. The van der Waals surface area contributed by atoms with Gasteiger partial charge in [-0.2, -0.15) is 0 Å². The third-order valence-electron chi connectivity index (χ3n) is 3.49. The van der Waals surface area contributed by atoms with Crippen molar-refractivity contribution in [2.24, 2.45) is 0 Å². The summed E-state index contributed by atoms with van der Waals surface area (Å²) in [7, 11) is 4.07. The highest BCUT2D eigenvalue weighted by Crippen LogP contribution is 2.18. The summed E-state index contributed by atoms with van der Waals surface area (Å²) in [6.07, 6.45) is 1.04. The van der Waals surface area contributed by atoms with Crippen molar-refractivity contribution in [1.82, 2.24) is 9.80 Å². The Bertz CT molecular complexity index is 445. The Labute approximate surface area is 129 Å². The molecule has 4 nitrogen and oxygen atoms in total. The highest BCUT2D eigenvalue weighted by Gasteiger charge is 2.22. The monoisotopic (exact) mass is 291 g/mol. The van der Waals surface area contributed by atoms with E-state index >= 15 is 0 Å². The van der Waals surface area contributed by atoms with Gasteiger partial charge in [0.05, 0.1) is 5.56 Å². The van der Waals surface area contributed by atoms with E-state index in [1.165, 1.54) is 0 Å².